The van der Waals surface area contributed by atoms with E-state index in [1.54, 1.807) is 14.2 Å². The van der Waals surface area contributed by atoms with E-state index < -0.39 is 0 Å². The second-order valence-electron chi connectivity index (χ2n) is 22.6. The van der Waals surface area contributed by atoms with E-state index in [-0.39, 0.29) is 35.2 Å². The van der Waals surface area contributed by atoms with E-state index in [0.29, 0.717) is 0 Å². The predicted octanol–water partition coefficient (Wildman–Crippen LogP) is 16.9. The van der Waals surface area contributed by atoms with Crippen molar-refractivity contribution in [2.24, 2.45) is 0 Å². The Morgan fingerprint density at radius 3 is 0.971 bits per heavy atom. The van der Waals surface area contributed by atoms with E-state index >= 15 is 0 Å². The SMILES string of the molecule is COCOc1c(-c2cc(C(C)(C)C)cc(C(C)(C)C)c2)cc(C)cc1-c1ccccc1-c1cccc(-c2ccccc2-c2cc(C)cc(-c3cc(C(C)(C)C)cc(C(C)(C)C)c3)c2OCOC)n1. The zero-order valence-electron chi connectivity index (χ0n) is 43.6. The molecule has 1 aromatic heterocycles. The smallest absolute Gasteiger partial charge is 0.188 e. The fraction of sp³-hybridized carbons (Fsp3) is 0.349. The molecule has 0 amide bonds. The first-order chi connectivity index (χ1) is 32.0. The topological polar surface area (TPSA) is 49.8 Å². The lowest BCUT2D eigenvalue weighted by Crippen LogP contribution is -2.16. The number of aromatic nitrogens is 1. The monoisotopic (exact) mass is 908 g/mol. The summed E-state index contributed by atoms with van der Waals surface area (Å²) in [6, 6.07) is 46.3. The van der Waals surface area contributed by atoms with Crippen LogP contribution in [0.1, 0.15) is 116 Å². The van der Waals surface area contributed by atoms with Gasteiger partial charge in [0.15, 0.2) is 13.6 Å². The second-order valence-corrected chi connectivity index (χ2v) is 22.6. The van der Waals surface area contributed by atoms with Gasteiger partial charge in [0, 0.05) is 47.6 Å². The predicted molar refractivity (Wildman–Crippen MR) is 286 cm³/mol. The van der Waals surface area contributed by atoms with Crippen LogP contribution >= 0.6 is 0 Å². The minimum absolute atomic E-state index is 0.0491. The number of hydrogen-bond donors (Lipinski definition) is 0. The highest BCUT2D eigenvalue weighted by molar-refractivity contribution is 5.93. The molecule has 0 unspecified atom stereocenters. The van der Waals surface area contributed by atoms with Crippen molar-refractivity contribution in [1.29, 1.82) is 0 Å². The summed E-state index contributed by atoms with van der Waals surface area (Å²) in [4.78, 5) is 5.50. The molecule has 0 saturated heterocycles. The molecule has 0 atom stereocenters. The van der Waals surface area contributed by atoms with Crippen molar-refractivity contribution in [1.82, 2.24) is 4.98 Å². The summed E-state index contributed by atoms with van der Waals surface area (Å²) in [7, 11) is 3.34. The number of aryl methyl sites for hydroxylation is 2. The number of pyridine rings is 1. The van der Waals surface area contributed by atoms with Crippen LogP contribution in [0.2, 0.25) is 0 Å². The number of methoxy groups -OCH3 is 2. The molecule has 0 aliphatic rings. The van der Waals surface area contributed by atoms with Gasteiger partial charge in [-0.1, -0.05) is 174 Å². The molecule has 68 heavy (non-hydrogen) atoms. The van der Waals surface area contributed by atoms with Crippen LogP contribution in [-0.2, 0) is 31.1 Å². The van der Waals surface area contributed by atoms with Crippen molar-refractivity contribution >= 4 is 0 Å². The average Bonchev–Trinajstić information content (AvgIpc) is 3.28. The normalized spacial score (nSPS) is 12.4. The Morgan fingerprint density at radius 1 is 0.353 bits per heavy atom. The van der Waals surface area contributed by atoms with Gasteiger partial charge in [0.25, 0.3) is 0 Å². The van der Waals surface area contributed by atoms with E-state index in [1.807, 2.05) is 0 Å². The van der Waals surface area contributed by atoms with E-state index in [4.69, 9.17) is 23.9 Å². The highest BCUT2D eigenvalue weighted by Gasteiger charge is 2.27. The van der Waals surface area contributed by atoms with Gasteiger partial charge in [0.1, 0.15) is 11.5 Å². The number of benzene rings is 6. The highest BCUT2D eigenvalue weighted by Crippen LogP contribution is 2.48. The van der Waals surface area contributed by atoms with Gasteiger partial charge < -0.3 is 18.9 Å². The van der Waals surface area contributed by atoms with Gasteiger partial charge >= 0.3 is 0 Å². The molecular formula is C63H73NO4. The largest absolute Gasteiger partial charge is 0.466 e. The third kappa shape index (κ3) is 11.0. The number of hydrogen-bond acceptors (Lipinski definition) is 5. The second kappa shape index (κ2) is 19.5. The van der Waals surface area contributed by atoms with Crippen molar-refractivity contribution < 1.29 is 18.9 Å². The molecule has 0 fully saturated rings. The van der Waals surface area contributed by atoms with Crippen LogP contribution in [0, 0.1) is 13.8 Å². The number of ether oxygens (including phenoxy) is 4. The van der Waals surface area contributed by atoms with Crippen molar-refractivity contribution in [2.75, 3.05) is 27.8 Å². The Bertz CT molecular complexity index is 2670. The van der Waals surface area contributed by atoms with Gasteiger partial charge in [-0.2, -0.15) is 0 Å². The van der Waals surface area contributed by atoms with Crippen LogP contribution in [0.15, 0.2) is 127 Å². The Balaban J connectivity index is 1.41. The van der Waals surface area contributed by atoms with Crippen LogP contribution in [0.4, 0.5) is 0 Å². The van der Waals surface area contributed by atoms with E-state index in [1.165, 1.54) is 22.3 Å². The molecule has 0 radical (unpaired) electrons. The fourth-order valence-electron chi connectivity index (χ4n) is 8.84. The van der Waals surface area contributed by atoms with Crippen molar-refractivity contribution in [3.63, 3.8) is 0 Å². The van der Waals surface area contributed by atoms with Crippen molar-refractivity contribution in [3.8, 4) is 78.5 Å². The summed E-state index contributed by atoms with van der Waals surface area (Å²) in [5.74, 6) is 1.55. The van der Waals surface area contributed by atoms with Crippen LogP contribution in [-0.4, -0.2) is 32.8 Å². The van der Waals surface area contributed by atoms with Crippen LogP contribution in [0.3, 0.4) is 0 Å². The van der Waals surface area contributed by atoms with Crippen molar-refractivity contribution in [3.05, 3.63) is 161 Å². The zero-order valence-corrected chi connectivity index (χ0v) is 43.6. The van der Waals surface area contributed by atoms with Gasteiger partial charge in [-0.3, -0.25) is 0 Å². The first-order valence-corrected chi connectivity index (χ1v) is 24.0. The maximum absolute atomic E-state index is 6.65. The van der Waals surface area contributed by atoms with Gasteiger partial charge in [-0.25, -0.2) is 4.98 Å². The van der Waals surface area contributed by atoms with Gasteiger partial charge in [0.05, 0.1) is 11.4 Å². The number of rotatable bonds is 12. The summed E-state index contributed by atoms with van der Waals surface area (Å²) in [5.41, 5.74) is 19.2. The lowest BCUT2D eigenvalue weighted by atomic mass is 9.78. The molecule has 1 heterocycles. The molecule has 7 aromatic rings. The third-order valence-electron chi connectivity index (χ3n) is 12.8. The Morgan fingerprint density at radius 2 is 0.662 bits per heavy atom. The Hall–Kier alpha value is -6.01. The average molecular weight is 908 g/mol. The Kier molecular flexibility index (Phi) is 14.3. The molecule has 6 aromatic carbocycles. The molecule has 0 saturated carbocycles. The van der Waals surface area contributed by atoms with Crippen LogP contribution in [0.5, 0.6) is 11.5 Å². The van der Waals surface area contributed by atoms with Gasteiger partial charge in [0.2, 0.25) is 0 Å². The van der Waals surface area contributed by atoms with E-state index in [2.05, 4.69) is 224 Å². The molecule has 354 valence electrons. The molecular weight excluding hydrogens is 835 g/mol. The highest BCUT2D eigenvalue weighted by atomic mass is 16.7. The van der Waals surface area contributed by atoms with Gasteiger partial charge in [-0.15, -0.1) is 0 Å². The van der Waals surface area contributed by atoms with E-state index in [9.17, 15) is 0 Å². The summed E-state index contributed by atoms with van der Waals surface area (Å²) in [6.07, 6.45) is 0. The molecule has 0 bridgehead atoms. The first-order valence-electron chi connectivity index (χ1n) is 24.0. The molecule has 0 N–H and O–H groups in total. The Labute approximate surface area is 407 Å². The molecule has 5 heteroatoms. The fourth-order valence-corrected chi connectivity index (χ4v) is 8.84. The van der Waals surface area contributed by atoms with Crippen molar-refractivity contribution in [2.45, 2.75) is 119 Å². The lowest BCUT2D eigenvalue weighted by Gasteiger charge is -2.27. The molecule has 0 spiro atoms. The van der Waals surface area contributed by atoms with Gasteiger partial charge in [-0.05, 0) is 128 Å². The van der Waals surface area contributed by atoms with Crippen LogP contribution in [0.25, 0.3) is 67.0 Å². The first kappa shape index (κ1) is 49.9. The maximum atomic E-state index is 6.65. The summed E-state index contributed by atoms with van der Waals surface area (Å²) in [5, 5.41) is 0. The zero-order chi connectivity index (χ0) is 49.3. The minimum atomic E-state index is -0.0491. The van der Waals surface area contributed by atoms with E-state index in [0.717, 1.165) is 89.6 Å². The minimum Gasteiger partial charge on any atom is -0.466 e. The quantitative estimate of drug-likeness (QED) is 0.114. The summed E-state index contributed by atoms with van der Waals surface area (Å²) >= 11 is 0. The van der Waals surface area contributed by atoms with Crippen LogP contribution < -0.4 is 9.47 Å². The standard InChI is InChI=1S/C63H73NO4/c1-40-28-52(42-32-44(60(3,4)5)36-45(33-42)61(6,7)8)58(67-38-65-15)54(30-40)48-22-17-19-24-50(48)56-26-21-27-57(64-56)51-25-20-18-23-49(51)55-31-41(2)29-53(59(55)68-39-66-16)43-34-46(62(9,10)11)37-47(35-43)63(12,13)14/h17-37H,38-39H2,1-16H3. The molecule has 0 aliphatic carbocycles. The third-order valence-corrected chi connectivity index (χ3v) is 12.8. The summed E-state index contributed by atoms with van der Waals surface area (Å²) in [6.45, 7) is 31.9. The molecule has 0 aliphatic heterocycles. The number of nitrogens with zero attached hydrogens (tertiary/aromatic N) is 1. The maximum Gasteiger partial charge on any atom is 0.188 e. The summed E-state index contributed by atoms with van der Waals surface area (Å²) < 4.78 is 24.5. The molecule has 7 rings (SSSR count). The lowest BCUT2D eigenvalue weighted by molar-refractivity contribution is 0.0518. The molecule has 5 nitrogen and oxygen atoms in total.